The zero-order chi connectivity index (χ0) is 7.56. The molecule has 0 aliphatic rings. The average molecular weight is 152 g/mol. The summed E-state index contributed by atoms with van der Waals surface area (Å²) in [5.74, 6) is 0. The van der Waals surface area contributed by atoms with E-state index in [1.807, 2.05) is 13.1 Å². The highest BCUT2D eigenvalue weighted by atomic mass is 32.2. The summed E-state index contributed by atoms with van der Waals surface area (Å²) in [6.45, 7) is 4.10. The van der Waals surface area contributed by atoms with Gasteiger partial charge in [-0.3, -0.25) is 4.98 Å². The van der Waals surface area contributed by atoms with Crippen LogP contribution in [-0.4, -0.2) is 11.2 Å². The van der Waals surface area contributed by atoms with E-state index in [-0.39, 0.29) is 0 Å². The molecule has 0 amide bonds. The van der Waals surface area contributed by atoms with Crippen molar-refractivity contribution in [3.63, 3.8) is 0 Å². The van der Waals surface area contributed by atoms with Gasteiger partial charge in [-0.2, -0.15) is 0 Å². The normalized spacial score (nSPS) is 9.90. The lowest BCUT2D eigenvalue weighted by Gasteiger charge is -2.02. The van der Waals surface area contributed by atoms with Crippen LogP contribution in [0.3, 0.4) is 0 Å². The Morgan fingerprint density at radius 2 is 2.20 bits per heavy atom. The van der Waals surface area contributed by atoms with Crippen LogP contribution in [0.25, 0.3) is 0 Å². The van der Waals surface area contributed by atoms with Gasteiger partial charge in [0.25, 0.3) is 0 Å². The van der Waals surface area contributed by atoms with Crippen LogP contribution in [-0.2, 0) is 0 Å². The summed E-state index contributed by atoms with van der Waals surface area (Å²) in [6.07, 6.45) is 6.84. The third-order valence-corrected chi connectivity index (χ3v) is 2.43. The van der Waals surface area contributed by atoms with Gasteiger partial charge in [-0.05, 0) is 31.2 Å². The molecule has 1 rings (SSSR count). The monoisotopic (exact) mass is 152 g/mol. The van der Waals surface area contributed by atoms with Crippen molar-refractivity contribution in [1.82, 2.24) is 4.98 Å². The molecule has 0 aliphatic heterocycles. The van der Waals surface area contributed by atoms with Gasteiger partial charge in [0.05, 0.1) is 6.20 Å². The maximum Gasteiger partial charge on any atom is 0.0929 e. The van der Waals surface area contributed by atoms with Crippen LogP contribution in [0.2, 0.25) is 0 Å². The van der Waals surface area contributed by atoms with Crippen LogP contribution in [0.1, 0.15) is 11.1 Å². The van der Waals surface area contributed by atoms with E-state index in [1.165, 1.54) is 10.5 Å². The molecule has 53 valence electrons. The molecule has 1 nitrogen and oxygen atoms in total. The Labute approximate surface area is 65.9 Å². The molecule has 0 atom stereocenters. The lowest BCUT2D eigenvalue weighted by molar-refractivity contribution is 1.11. The van der Waals surface area contributed by atoms with Crippen molar-refractivity contribution >= 4 is 11.8 Å². The Balaban J connectivity index is 3.17. The molecule has 1 heterocycles. The van der Waals surface area contributed by atoms with Gasteiger partial charge in [0.2, 0.25) is 0 Å². The number of thioether (sulfide) groups is 1. The number of nitrogens with zero attached hydrogens (tertiary/aromatic N) is 1. The first kappa shape index (κ1) is 7.61. The van der Waals surface area contributed by atoms with E-state index in [0.29, 0.717) is 0 Å². The van der Waals surface area contributed by atoms with Gasteiger partial charge in [-0.25, -0.2) is 0 Å². The molecular weight excluding hydrogens is 142 g/mol. The summed E-state index contributed by atoms with van der Waals surface area (Å²) in [4.78, 5) is 5.26. The first-order chi connectivity index (χ1) is 4.75. The van der Waals surface area contributed by atoms with E-state index in [0.717, 1.165) is 5.56 Å². The molecule has 10 heavy (non-hydrogen) atoms. The van der Waals surface area contributed by atoms with Crippen LogP contribution in [0, 0.1) is 20.0 Å². The summed E-state index contributed by atoms with van der Waals surface area (Å²) in [7, 11) is 0. The summed E-state index contributed by atoms with van der Waals surface area (Å²) in [6, 6.07) is 0. The molecular formula is C8H10NS. The van der Waals surface area contributed by atoms with E-state index in [1.54, 1.807) is 11.8 Å². The van der Waals surface area contributed by atoms with Crippen molar-refractivity contribution < 1.29 is 0 Å². The Hall–Kier alpha value is -0.500. The average Bonchev–Trinajstić information content (AvgIpc) is 1.88. The number of rotatable bonds is 1. The molecule has 0 fully saturated rings. The van der Waals surface area contributed by atoms with Crippen molar-refractivity contribution in [2.45, 2.75) is 18.7 Å². The summed E-state index contributed by atoms with van der Waals surface area (Å²) >= 11 is 1.75. The highest BCUT2D eigenvalue weighted by Gasteiger charge is 1.99. The van der Waals surface area contributed by atoms with E-state index >= 15 is 0 Å². The van der Waals surface area contributed by atoms with Gasteiger partial charge >= 0.3 is 0 Å². The van der Waals surface area contributed by atoms with Crippen molar-refractivity contribution in [2.24, 2.45) is 0 Å². The topological polar surface area (TPSA) is 12.9 Å². The third-order valence-electron chi connectivity index (χ3n) is 1.39. The fourth-order valence-corrected chi connectivity index (χ4v) is 1.67. The smallest absolute Gasteiger partial charge is 0.0929 e. The van der Waals surface area contributed by atoms with Crippen LogP contribution in [0.15, 0.2) is 11.1 Å². The Morgan fingerprint density at radius 3 is 2.60 bits per heavy atom. The largest absolute Gasteiger partial charge is 0.254 e. The molecule has 0 aliphatic carbocycles. The second kappa shape index (κ2) is 3.06. The van der Waals surface area contributed by atoms with Gasteiger partial charge in [0.1, 0.15) is 0 Å². The van der Waals surface area contributed by atoms with Crippen molar-refractivity contribution in [3.05, 3.63) is 23.5 Å². The van der Waals surface area contributed by atoms with Crippen LogP contribution < -0.4 is 0 Å². The lowest BCUT2D eigenvalue weighted by Crippen LogP contribution is -1.86. The maximum atomic E-state index is 3.95. The summed E-state index contributed by atoms with van der Waals surface area (Å²) in [5.41, 5.74) is 2.39. The maximum absolute atomic E-state index is 3.95. The minimum atomic E-state index is 1.15. The quantitative estimate of drug-likeness (QED) is 0.572. The minimum absolute atomic E-state index is 1.15. The number of hydrogen-bond acceptors (Lipinski definition) is 2. The van der Waals surface area contributed by atoms with Crippen LogP contribution >= 0.6 is 11.8 Å². The van der Waals surface area contributed by atoms with E-state index in [4.69, 9.17) is 0 Å². The molecule has 0 saturated carbocycles. The second-order valence-corrected chi connectivity index (χ2v) is 3.03. The molecule has 1 aromatic heterocycles. The van der Waals surface area contributed by atoms with Crippen molar-refractivity contribution in [2.75, 3.05) is 6.26 Å². The van der Waals surface area contributed by atoms with E-state index in [2.05, 4.69) is 24.4 Å². The third kappa shape index (κ3) is 1.32. The van der Waals surface area contributed by atoms with Gasteiger partial charge in [0, 0.05) is 11.1 Å². The predicted molar refractivity (Wildman–Crippen MR) is 44.3 cm³/mol. The molecule has 1 radical (unpaired) electrons. The zero-order valence-corrected chi connectivity index (χ0v) is 7.25. The zero-order valence-electron chi connectivity index (χ0n) is 6.43. The highest BCUT2D eigenvalue weighted by Crippen LogP contribution is 2.21. The van der Waals surface area contributed by atoms with Crippen molar-refractivity contribution in [3.8, 4) is 0 Å². The van der Waals surface area contributed by atoms with E-state index < -0.39 is 0 Å². The summed E-state index contributed by atoms with van der Waals surface area (Å²) in [5, 5.41) is 0. The fourth-order valence-electron chi connectivity index (χ4n) is 0.945. The summed E-state index contributed by atoms with van der Waals surface area (Å²) < 4.78 is 0. The lowest BCUT2D eigenvalue weighted by atomic mass is 10.2. The SMILES string of the molecule is CSc1c(C)[c]ncc1C. The first-order valence-corrected chi connectivity index (χ1v) is 4.36. The molecule has 0 bridgehead atoms. The molecule has 0 spiro atoms. The number of hydrogen-bond donors (Lipinski definition) is 0. The molecule has 1 aromatic rings. The van der Waals surface area contributed by atoms with Crippen molar-refractivity contribution in [1.29, 1.82) is 0 Å². The molecule has 0 unspecified atom stereocenters. The number of pyridine rings is 1. The first-order valence-electron chi connectivity index (χ1n) is 3.13. The Bertz CT molecular complexity index is 212. The molecule has 2 heteroatoms. The van der Waals surface area contributed by atoms with Gasteiger partial charge in [-0.1, -0.05) is 0 Å². The molecule has 0 saturated heterocycles. The van der Waals surface area contributed by atoms with Gasteiger partial charge in [0.15, 0.2) is 0 Å². The van der Waals surface area contributed by atoms with Crippen LogP contribution in [0.4, 0.5) is 0 Å². The van der Waals surface area contributed by atoms with Crippen LogP contribution in [0.5, 0.6) is 0 Å². The highest BCUT2D eigenvalue weighted by molar-refractivity contribution is 7.98. The number of aromatic nitrogens is 1. The van der Waals surface area contributed by atoms with Gasteiger partial charge < -0.3 is 0 Å². The van der Waals surface area contributed by atoms with Gasteiger partial charge in [-0.15, -0.1) is 11.8 Å². The van der Waals surface area contributed by atoms with E-state index in [9.17, 15) is 0 Å². The molecule has 0 N–H and O–H groups in total. The Kier molecular flexibility index (Phi) is 2.33. The fraction of sp³-hybridized carbons (Fsp3) is 0.375. The standard InChI is InChI=1S/C8H10NS/c1-6-4-9-5-7(2)8(6)10-3/h4H,1-3H3. The second-order valence-electron chi connectivity index (χ2n) is 2.21. The predicted octanol–water partition coefficient (Wildman–Crippen LogP) is 2.22. The Morgan fingerprint density at radius 1 is 1.50 bits per heavy atom. The molecule has 0 aromatic carbocycles. The minimum Gasteiger partial charge on any atom is -0.254 e. The number of aryl methyl sites for hydroxylation is 2.